The molecule has 0 spiro atoms. The number of rotatable bonds is 2. The summed E-state index contributed by atoms with van der Waals surface area (Å²) in [6.07, 6.45) is 0.686. The fourth-order valence-corrected chi connectivity index (χ4v) is 1.73. The van der Waals surface area contributed by atoms with E-state index < -0.39 is 0 Å². The maximum Gasteiger partial charge on any atom is 0.149 e. The van der Waals surface area contributed by atoms with Crippen molar-refractivity contribution in [3.8, 4) is 0 Å². The van der Waals surface area contributed by atoms with Gasteiger partial charge in [-0.2, -0.15) is 0 Å². The number of benzene rings is 1. The zero-order chi connectivity index (χ0) is 10.8. The lowest BCUT2D eigenvalue weighted by Gasteiger charge is -2.06. The van der Waals surface area contributed by atoms with Crippen LogP contribution in [0.2, 0.25) is 0 Å². The van der Waals surface area contributed by atoms with Crippen molar-refractivity contribution in [1.29, 1.82) is 0 Å². The zero-order valence-electron chi connectivity index (χ0n) is 8.63. The lowest BCUT2D eigenvalue weighted by atomic mass is 10.1. The Morgan fingerprint density at radius 1 is 1.40 bits per heavy atom. The van der Waals surface area contributed by atoms with E-state index in [1.807, 2.05) is 19.1 Å². The molecule has 0 saturated carbocycles. The molecular weight excluding hydrogens is 191 g/mol. The maximum absolute atomic E-state index is 13.5. The highest BCUT2D eigenvalue weighted by atomic mass is 19.1. The molecule has 0 aliphatic heterocycles. The molecule has 0 atom stereocenters. The van der Waals surface area contributed by atoms with Crippen LogP contribution < -0.4 is 5.73 Å². The van der Waals surface area contributed by atoms with Gasteiger partial charge < -0.3 is 5.73 Å². The third kappa shape index (κ3) is 1.83. The smallest absolute Gasteiger partial charge is 0.149 e. The molecule has 2 N–H and O–H groups in total. The molecule has 2 aromatic rings. The quantitative estimate of drug-likeness (QED) is 0.814. The molecule has 2 nitrogen and oxygen atoms in total. The Morgan fingerprint density at radius 3 is 2.93 bits per heavy atom. The summed E-state index contributed by atoms with van der Waals surface area (Å²) < 4.78 is 13.5. The van der Waals surface area contributed by atoms with Gasteiger partial charge in [0, 0.05) is 17.5 Å². The number of aryl methyl sites for hydroxylation is 1. The highest BCUT2D eigenvalue weighted by Gasteiger charge is 2.05. The van der Waals surface area contributed by atoms with Crippen LogP contribution in [-0.4, -0.2) is 11.5 Å². The standard InChI is InChI=1S/C12H13FN2/c1-8-7-9(5-6-14)15-12-10(8)3-2-4-11(12)13/h2-4,7H,5-6,14H2,1H3. The summed E-state index contributed by atoms with van der Waals surface area (Å²) in [4.78, 5) is 4.27. The van der Waals surface area contributed by atoms with Crippen LogP contribution in [0.1, 0.15) is 11.3 Å². The molecule has 0 saturated heterocycles. The minimum absolute atomic E-state index is 0.269. The molecule has 2 rings (SSSR count). The molecule has 78 valence electrons. The predicted molar refractivity (Wildman–Crippen MR) is 59.2 cm³/mol. The fraction of sp³-hybridized carbons (Fsp3) is 0.250. The molecule has 1 aromatic carbocycles. The number of pyridine rings is 1. The van der Waals surface area contributed by atoms with Gasteiger partial charge in [0.05, 0.1) is 0 Å². The Morgan fingerprint density at radius 2 is 2.20 bits per heavy atom. The van der Waals surface area contributed by atoms with Gasteiger partial charge in [0.25, 0.3) is 0 Å². The van der Waals surface area contributed by atoms with Gasteiger partial charge in [-0.1, -0.05) is 12.1 Å². The van der Waals surface area contributed by atoms with Crippen molar-refractivity contribution in [3.05, 3.63) is 41.3 Å². The SMILES string of the molecule is Cc1cc(CCN)nc2c(F)cccc12. The number of hydrogen-bond acceptors (Lipinski definition) is 2. The lowest BCUT2D eigenvalue weighted by molar-refractivity contribution is 0.636. The first kappa shape index (κ1) is 10.1. The molecule has 1 heterocycles. The van der Waals surface area contributed by atoms with E-state index in [4.69, 9.17) is 5.73 Å². The second-order valence-corrected chi connectivity index (χ2v) is 3.61. The van der Waals surface area contributed by atoms with E-state index >= 15 is 0 Å². The second-order valence-electron chi connectivity index (χ2n) is 3.61. The summed E-state index contributed by atoms with van der Waals surface area (Å²) >= 11 is 0. The van der Waals surface area contributed by atoms with Gasteiger partial charge in [-0.15, -0.1) is 0 Å². The largest absolute Gasteiger partial charge is 0.330 e. The molecule has 0 aliphatic carbocycles. The number of halogens is 1. The normalized spacial score (nSPS) is 10.9. The van der Waals surface area contributed by atoms with Crippen LogP contribution in [0.3, 0.4) is 0 Å². The summed E-state index contributed by atoms with van der Waals surface area (Å²) in [7, 11) is 0. The Bertz CT molecular complexity index is 494. The minimum atomic E-state index is -0.269. The molecular formula is C12H13FN2. The number of hydrogen-bond donors (Lipinski definition) is 1. The van der Waals surface area contributed by atoms with E-state index in [2.05, 4.69) is 4.98 Å². The van der Waals surface area contributed by atoms with Crippen molar-refractivity contribution < 1.29 is 4.39 Å². The number of fused-ring (bicyclic) bond motifs is 1. The summed E-state index contributed by atoms with van der Waals surface area (Å²) in [6.45, 7) is 2.50. The van der Waals surface area contributed by atoms with Gasteiger partial charge >= 0.3 is 0 Å². The van der Waals surface area contributed by atoms with Crippen molar-refractivity contribution in [2.24, 2.45) is 5.73 Å². The fourth-order valence-electron chi connectivity index (χ4n) is 1.73. The number of aromatic nitrogens is 1. The van der Waals surface area contributed by atoms with Gasteiger partial charge in [0.1, 0.15) is 11.3 Å². The first-order valence-electron chi connectivity index (χ1n) is 4.97. The first-order chi connectivity index (χ1) is 7.22. The molecule has 0 radical (unpaired) electrons. The number of para-hydroxylation sites is 1. The minimum Gasteiger partial charge on any atom is -0.330 e. The van der Waals surface area contributed by atoms with E-state index in [1.54, 1.807) is 6.07 Å². The molecule has 0 amide bonds. The topological polar surface area (TPSA) is 38.9 Å². The summed E-state index contributed by atoms with van der Waals surface area (Å²) in [5.74, 6) is -0.269. The van der Waals surface area contributed by atoms with E-state index in [9.17, 15) is 4.39 Å². The average Bonchev–Trinajstić information content (AvgIpc) is 2.20. The zero-order valence-corrected chi connectivity index (χ0v) is 8.63. The monoisotopic (exact) mass is 204 g/mol. The number of nitrogens with zero attached hydrogens (tertiary/aromatic N) is 1. The van der Waals surface area contributed by atoms with Crippen LogP contribution in [0, 0.1) is 12.7 Å². The third-order valence-electron chi connectivity index (χ3n) is 2.45. The highest BCUT2D eigenvalue weighted by Crippen LogP contribution is 2.20. The summed E-state index contributed by atoms with van der Waals surface area (Å²) in [5, 5.41) is 0.871. The molecule has 0 unspecified atom stereocenters. The van der Waals surface area contributed by atoms with E-state index in [0.717, 1.165) is 16.6 Å². The van der Waals surface area contributed by atoms with Crippen LogP contribution in [0.15, 0.2) is 24.3 Å². The van der Waals surface area contributed by atoms with Crippen molar-refractivity contribution in [2.45, 2.75) is 13.3 Å². The van der Waals surface area contributed by atoms with Gasteiger partial charge in [-0.25, -0.2) is 9.37 Å². The molecule has 3 heteroatoms. The maximum atomic E-state index is 13.5. The highest BCUT2D eigenvalue weighted by molar-refractivity contribution is 5.82. The van der Waals surface area contributed by atoms with Crippen LogP contribution in [0.5, 0.6) is 0 Å². The van der Waals surface area contributed by atoms with Gasteiger partial charge in [0.15, 0.2) is 0 Å². The van der Waals surface area contributed by atoms with Gasteiger partial charge in [-0.3, -0.25) is 0 Å². The Hall–Kier alpha value is -1.48. The molecule has 15 heavy (non-hydrogen) atoms. The van der Waals surface area contributed by atoms with Gasteiger partial charge in [-0.05, 0) is 31.2 Å². The van der Waals surface area contributed by atoms with E-state index in [-0.39, 0.29) is 5.82 Å². The Labute approximate surface area is 87.9 Å². The van der Waals surface area contributed by atoms with Crippen LogP contribution in [0.4, 0.5) is 4.39 Å². The van der Waals surface area contributed by atoms with Crippen LogP contribution in [-0.2, 0) is 6.42 Å². The van der Waals surface area contributed by atoms with E-state index in [0.29, 0.717) is 18.5 Å². The van der Waals surface area contributed by atoms with Crippen LogP contribution >= 0.6 is 0 Å². The average molecular weight is 204 g/mol. The van der Waals surface area contributed by atoms with Gasteiger partial charge in [0.2, 0.25) is 0 Å². The van der Waals surface area contributed by atoms with Crippen molar-refractivity contribution >= 4 is 10.9 Å². The Balaban J connectivity index is 2.68. The Kier molecular flexibility index (Phi) is 2.64. The van der Waals surface area contributed by atoms with E-state index in [1.165, 1.54) is 6.07 Å². The van der Waals surface area contributed by atoms with Crippen molar-refractivity contribution in [2.75, 3.05) is 6.54 Å². The summed E-state index contributed by atoms with van der Waals surface area (Å²) in [5.41, 5.74) is 7.80. The second kappa shape index (κ2) is 3.95. The summed E-state index contributed by atoms with van der Waals surface area (Å²) in [6, 6.07) is 6.98. The third-order valence-corrected chi connectivity index (χ3v) is 2.45. The first-order valence-corrected chi connectivity index (χ1v) is 4.97. The number of nitrogens with two attached hydrogens (primary N) is 1. The van der Waals surface area contributed by atoms with Crippen molar-refractivity contribution in [1.82, 2.24) is 4.98 Å². The lowest BCUT2D eigenvalue weighted by Crippen LogP contribution is -2.05. The van der Waals surface area contributed by atoms with Crippen molar-refractivity contribution in [3.63, 3.8) is 0 Å². The molecule has 0 bridgehead atoms. The predicted octanol–water partition coefficient (Wildman–Crippen LogP) is 2.18. The molecule has 0 aliphatic rings. The van der Waals surface area contributed by atoms with Crippen LogP contribution in [0.25, 0.3) is 10.9 Å². The molecule has 1 aromatic heterocycles. The molecule has 0 fully saturated rings.